The molecule has 0 heterocycles. The number of halogens is 2. The normalized spacial score (nSPS) is 10.1. The SMILES string of the molecule is C=CCCOCCNC(=O)c1cc(Cl)ccc1F. The van der Waals surface area contributed by atoms with Gasteiger partial charge in [0.05, 0.1) is 18.8 Å². The highest BCUT2D eigenvalue weighted by molar-refractivity contribution is 6.30. The van der Waals surface area contributed by atoms with E-state index in [0.717, 1.165) is 12.5 Å². The van der Waals surface area contributed by atoms with Crippen molar-refractivity contribution in [2.75, 3.05) is 19.8 Å². The van der Waals surface area contributed by atoms with Gasteiger partial charge in [-0.05, 0) is 24.6 Å². The Morgan fingerprint density at radius 2 is 2.28 bits per heavy atom. The molecule has 1 rings (SSSR count). The molecule has 0 fully saturated rings. The Morgan fingerprint density at radius 3 is 3.00 bits per heavy atom. The fourth-order valence-corrected chi connectivity index (χ4v) is 1.44. The molecule has 0 saturated carbocycles. The van der Waals surface area contributed by atoms with E-state index in [0.29, 0.717) is 24.8 Å². The second-order valence-electron chi connectivity index (χ2n) is 3.57. The molecule has 0 unspecified atom stereocenters. The van der Waals surface area contributed by atoms with Gasteiger partial charge in [-0.2, -0.15) is 0 Å². The molecule has 0 radical (unpaired) electrons. The first kappa shape index (κ1) is 14.7. The summed E-state index contributed by atoms with van der Waals surface area (Å²) in [5.74, 6) is -1.09. The molecular weight excluding hydrogens is 257 g/mol. The minimum absolute atomic E-state index is 0.0615. The van der Waals surface area contributed by atoms with Crippen molar-refractivity contribution in [2.24, 2.45) is 0 Å². The number of hydrogen-bond donors (Lipinski definition) is 1. The lowest BCUT2D eigenvalue weighted by Gasteiger charge is -2.07. The molecule has 0 aromatic heterocycles. The summed E-state index contributed by atoms with van der Waals surface area (Å²) in [5, 5.41) is 2.88. The van der Waals surface area contributed by atoms with E-state index in [9.17, 15) is 9.18 Å². The predicted molar refractivity (Wildman–Crippen MR) is 69.4 cm³/mol. The van der Waals surface area contributed by atoms with Crippen LogP contribution in [0.25, 0.3) is 0 Å². The van der Waals surface area contributed by atoms with Crippen molar-refractivity contribution >= 4 is 17.5 Å². The lowest BCUT2D eigenvalue weighted by atomic mass is 10.2. The number of benzene rings is 1. The maximum Gasteiger partial charge on any atom is 0.254 e. The van der Waals surface area contributed by atoms with Crippen LogP contribution in [-0.2, 0) is 4.74 Å². The van der Waals surface area contributed by atoms with Gasteiger partial charge in [0.2, 0.25) is 0 Å². The van der Waals surface area contributed by atoms with Crippen molar-refractivity contribution in [1.82, 2.24) is 5.32 Å². The van der Waals surface area contributed by atoms with Crippen LogP contribution in [0.4, 0.5) is 4.39 Å². The average Bonchev–Trinajstić information content (AvgIpc) is 2.36. The molecule has 0 bridgehead atoms. The zero-order valence-electron chi connectivity index (χ0n) is 9.92. The van der Waals surface area contributed by atoms with Gasteiger partial charge in [-0.15, -0.1) is 6.58 Å². The molecule has 0 aliphatic carbocycles. The molecule has 1 amide bonds. The van der Waals surface area contributed by atoms with Gasteiger partial charge in [-0.1, -0.05) is 17.7 Å². The molecule has 0 saturated heterocycles. The summed E-state index contributed by atoms with van der Waals surface area (Å²) in [5.41, 5.74) is -0.0615. The first-order valence-electron chi connectivity index (χ1n) is 5.57. The molecule has 1 N–H and O–H groups in total. The van der Waals surface area contributed by atoms with Gasteiger partial charge >= 0.3 is 0 Å². The summed E-state index contributed by atoms with van der Waals surface area (Å²) in [6, 6.07) is 3.86. The summed E-state index contributed by atoms with van der Waals surface area (Å²) in [6.45, 7) is 4.82. The Balaban J connectivity index is 2.36. The highest BCUT2D eigenvalue weighted by atomic mass is 35.5. The largest absolute Gasteiger partial charge is 0.379 e. The van der Waals surface area contributed by atoms with Gasteiger partial charge in [0, 0.05) is 11.6 Å². The van der Waals surface area contributed by atoms with Crippen molar-refractivity contribution in [1.29, 1.82) is 0 Å². The predicted octanol–water partition coefficient (Wildman–Crippen LogP) is 2.80. The zero-order chi connectivity index (χ0) is 13.4. The summed E-state index contributed by atoms with van der Waals surface area (Å²) < 4.78 is 18.5. The molecular formula is C13H15ClFNO2. The van der Waals surface area contributed by atoms with Crippen LogP contribution in [0.5, 0.6) is 0 Å². The molecule has 0 spiro atoms. The van der Waals surface area contributed by atoms with Crippen LogP contribution < -0.4 is 5.32 Å². The maximum absolute atomic E-state index is 13.3. The van der Waals surface area contributed by atoms with E-state index < -0.39 is 11.7 Å². The monoisotopic (exact) mass is 271 g/mol. The van der Waals surface area contributed by atoms with E-state index in [1.807, 2.05) is 0 Å². The van der Waals surface area contributed by atoms with E-state index in [2.05, 4.69) is 11.9 Å². The fourth-order valence-electron chi connectivity index (χ4n) is 1.27. The Bertz CT molecular complexity index is 423. The molecule has 0 aliphatic rings. The number of carbonyl (C=O) groups excluding carboxylic acids is 1. The molecule has 0 aliphatic heterocycles. The molecule has 18 heavy (non-hydrogen) atoms. The van der Waals surface area contributed by atoms with Crippen LogP contribution >= 0.6 is 11.6 Å². The lowest BCUT2D eigenvalue weighted by Crippen LogP contribution is -2.28. The van der Waals surface area contributed by atoms with E-state index in [1.54, 1.807) is 6.08 Å². The topological polar surface area (TPSA) is 38.3 Å². The number of ether oxygens (including phenoxy) is 1. The van der Waals surface area contributed by atoms with Crippen molar-refractivity contribution in [3.8, 4) is 0 Å². The average molecular weight is 272 g/mol. The van der Waals surface area contributed by atoms with Crippen LogP contribution in [0.3, 0.4) is 0 Å². The Morgan fingerprint density at radius 1 is 1.50 bits per heavy atom. The van der Waals surface area contributed by atoms with Crippen LogP contribution in [0.2, 0.25) is 5.02 Å². The molecule has 98 valence electrons. The zero-order valence-corrected chi connectivity index (χ0v) is 10.7. The standard InChI is InChI=1S/C13H15ClFNO2/c1-2-3-7-18-8-6-16-13(17)11-9-10(14)4-5-12(11)15/h2,4-5,9H,1,3,6-8H2,(H,16,17). The fraction of sp³-hybridized carbons (Fsp3) is 0.308. The Labute approximate surface area is 111 Å². The molecule has 3 nitrogen and oxygen atoms in total. The minimum atomic E-state index is -0.593. The number of amides is 1. The summed E-state index contributed by atoms with van der Waals surface area (Å²) in [6.07, 6.45) is 2.51. The van der Waals surface area contributed by atoms with Gasteiger partial charge in [-0.3, -0.25) is 4.79 Å². The third-order valence-corrected chi connectivity index (χ3v) is 2.41. The Kier molecular flexibility index (Phi) is 6.39. The van der Waals surface area contributed by atoms with E-state index >= 15 is 0 Å². The number of hydrogen-bond acceptors (Lipinski definition) is 2. The molecule has 1 aromatic rings. The van der Waals surface area contributed by atoms with Gasteiger partial charge < -0.3 is 10.1 Å². The van der Waals surface area contributed by atoms with Gasteiger partial charge in [0.25, 0.3) is 5.91 Å². The first-order chi connectivity index (χ1) is 8.65. The summed E-state index contributed by atoms with van der Waals surface area (Å²) in [7, 11) is 0. The van der Waals surface area contributed by atoms with Crippen LogP contribution in [0.1, 0.15) is 16.8 Å². The highest BCUT2D eigenvalue weighted by Crippen LogP contribution is 2.14. The van der Waals surface area contributed by atoms with Crippen LogP contribution in [0, 0.1) is 5.82 Å². The summed E-state index contributed by atoms with van der Waals surface area (Å²) in [4.78, 5) is 11.6. The third kappa shape index (κ3) is 4.85. The molecule has 0 atom stereocenters. The molecule has 5 heteroatoms. The number of carbonyl (C=O) groups is 1. The van der Waals surface area contributed by atoms with E-state index in [-0.39, 0.29) is 5.56 Å². The maximum atomic E-state index is 13.3. The van der Waals surface area contributed by atoms with Crippen LogP contribution in [-0.4, -0.2) is 25.7 Å². The van der Waals surface area contributed by atoms with Crippen molar-refractivity contribution in [3.05, 3.63) is 47.3 Å². The van der Waals surface area contributed by atoms with Crippen molar-refractivity contribution in [2.45, 2.75) is 6.42 Å². The van der Waals surface area contributed by atoms with E-state index in [4.69, 9.17) is 16.3 Å². The van der Waals surface area contributed by atoms with E-state index in [1.165, 1.54) is 12.1 Å². The third-order valence-electron chi connectivity index (χ3n) is 2.17. The summed E-state index contributed by atoms with van der Waals surface area (Å²) >= 11 is 5.70. The van der Waals surface area contributed by atoms with Gasteiger partial charge in [-0.25, -0.2) is 4.39 Å². The van der Waals surface area contributed by atoms with Gasteiger partial charge in [0.1, 0.15) is 5.82 Å². The first-order valence-corrected chi connectivity index (χ1v) is 5.95. The van der Waals surface area contributed by atoms with Gasteiger partial charge in [0.15, 0.2) is 0 Å². The quantitative estimate of drug-likeness (QED) is 0.612. The lowest BCUT2D eigenvalue weighted by molar-refractivity contribution is 0.0914. The Hall–Kier alpha value is -1.39. The number of nitrogens with one attached hydrogen (secondary N) is 1. The van der Waals surface area contributed by atoms with Crippen LogP contribution in [0.15, 0.2) is 30.9 Å². The second-order valence-corrected chi connectivity index (χ2v) is 4.01. The number of rotatable bonds is 7. The molecule has 1 aromatic carbocycles. The van der Waals surface area contributed by atoms with Crippen molar-refractivity contribution < 1.29 is 13.9 Å². The second kappa shape index (κ2) is 7.84. The van der Waals surface area contributed by atoms with Crippen molar-refractivity contribution in [3.63, 3.8) is 0 Å². The smallest absolute Gasteiger partial charge is 0.254 e. The highest BCUT2D eigenvalue weighted by Gasteiger charge is 2.11. The minimum Gasteiger partial charge on any atom is -0.379 e.